The molecule has 0 aromatic carbocycles. The molecule has 0 aromatic rings. The topological polar surface area (TPSA) is 92.9 Å². The summed E-state index contributed by atoms with van der Waals surface area (Å²) >= 11 is 0. The molecule has 1 heterocycles. The Hall–Kier alpha value is -1.14. The number of amides is 1. The molecule has 98 valence electrons. The number of nitrogens with two attached hydrogens (primary N) is 1. The molecule has 1 atom stereocenters. The molecule has 1 saturated heterocycles. The Morgan fingerprint density at radius 3 is 2.76 bits per heavy atom. The molecule has 1 rings (SSSR count). The number of nitrogens with zero attached hydrogens (tertiary/aromatic N) is 1. The smallest absolute Gasteiger partial charge is 0.334 e. The zero-order chi connectivity index (χ0) is 12.7. The number of carbonyl (C=O) groups is 2. The average Bonchev–Trinajstić information content (AvgIpc) is 2.34. The van der Waals surface area contributed by atoms with Gasteiger partial charge in [-0.2, -0.15) is 0 Å². The molecule has 0 saturated carbocycles. The highest BCUT2D eigenvalue weighted by atomic mass is 16.5. The number of rotatable bonds is 6. The summed E-state index contributed by atoms with van der Waals surface area (Å²) in [5, 5.41) is 8.81. The van der Waals surface area contributed by atoms with Crippen LogP contribution in [0, 0.1) is 0 Å². The van der Waals surface area contributed by atoms with Crippen LogP contribution in [0.4, 0.5) is 0 Å². The lowest BCUT2D eigenvalue weighted by molar-refractivity contribution is -0.159. The van der Waals surface area contributed by atoms with Crippen molar-refractivity contribution in [2.45, 2.75) is 31.8 Å². The van der Waals surface area contributed by atoms with E-state index in [1.807, 2.05) is 0 Å². The Balaban J connectivity index is 2.28. The summed E-state index contributed by atoms with van der Waals surface area (Å²) in [6, 6.07) is 0. The van der Waals surface area contributed by atoms with Gasteiger partial charge in [0.25, 0.3) is 0 Å². The third kappa shape index (κ3) is 4.70. The van der Waals surface area contributed by atoms with E-state index in [-0.39, 0.29) is 12.5 Å². The lowest BCUT2D eigenvalue weighted by Gasteiger charge is -2.30. The maximum absolute atomic E-state index is 11.8. The highest BCUT2D eigenvalue weighted by Gasteiger charge is 2.28. The zero-order valence-electron chi connectivity index (χ0n) is 9.93. The van der Waals surface area contributed by atoms with Gasteiger partial charge in [0.1, 0.15) is 0 Å². The first-order chi connectivity index (χ1) is 8.15. The van der Waals surface area contributed by atoms with Crippen LogP contribution in [-0.2, 0) is 14.3 Å². The number of ether oxygens (including phenoxy) is 1. The largest absolute Gasteiger partial charge is 0.479 e. The van der Waals surface area contributed by atoms with Crippen molar-refractivity contribution in [3.05, 3.63) is 0 Å². The lowest BCUT2D eigenvalue weighted by atomic mass is 10.1. The van der Waals surface area contributed by atoms with Gasteiger partial charge in [0.15, 0.2) is 6.10 Å². The molecule has 0 spiro atoms. The predicted octanol–water partition coefficient (Wildman–Crippen LogP) is -0.182. The van der Waals surface area contributed by atoms with Gasteiger partial charge in [-0.25, -0.2) is 4.79 Å². The minimum Gasteiger partial charge on any atom is -0.479 e. The number of hydrogen-bond donors (Lipinski definition) is 2. The van der Waals surface area contributed by atoms with E-state index in [1.54, 1.807) is 4.90 Å². The summed E-state index contributed by atoms with van der Waals surface area (Å²) in [6.45, 7) is 1.59. The molecule has 0 radical (unpaired) electrons. The van der Waals surface area contributed by atoms with E-state index in [9.17, 15) is 9.59 Å². The second-order valence-corrected chi connectivity index (χ2v) is 4.14. The first-order valence-electron chi connectivity index (χ1n) is 5.97. The molecule has 1 amide bonds. The second kappa shape index (κ2) is 7.24. The Bertz CT molecular complexity index is 270. The molecule has 1 fully saturated rings. The van der Waals surface area contributed by atoms with E-state index < -0.39 is 12.1 Å². The Morgan fingerprint density at radius 2 is 2.12 bits per heavy atom. The third-order valence-electron chi connectivity index (χ3n) is 2.79. The first kappa shape index (κ1) is 13.9. The number of carbonyl (C=O) groups excluding carboxylic acids is 1. The van der Waals surface area contributed by atoms with Crippen LogP contribution in [0.2, 0.25) is 0 Å². The Kier molecular flexibility index (Phi) is 5.93. The van der Waals surface area contributed by atoms with Gasteiger partial charge < -0.3 is 20.5 Å². The predicted molar refractivity (Wildman–Crippen MR) is 61.5 cm³/mol. The van der Waals surface area contributed by atoms with Crippen LogP contribution in [0.15, 0.2) is 0 Å². The van der Waals surface area contributed by atoms with E-state index in [2.05, 4.69) is 0 Å². The summed E-state index contributed by atoms with van der Waals surface area (Å²) in [4.78, 5) is 24.1. The summed E-state index contributed by atoms with van der Waals surface area (Å²) < 4.78 is 5.05. The fourth-order valence-electron chi connectivity index (χ4n) is 1.78. The molecular formula is C11H20N2O4. The van der Waals surface area contributed by atoms with Crippen LogP contribution in [-0.4, -0.2) is 54.2 Å². The van der Waals surface area contributed by atoms with Crippen LogP contribution in [0.5, 0.6) is 0 Å². The van der Waals surface area contributed by atoms with Crippen molar-refractivity contribution >= 4 is 11.9 Å². The highest BCUT2D eigenvalue weighted by molar-refractivity contribution is 5.78. The average molecular weight is 244 g/mol. The van der Waals surface area contributed by atoms with E-state index >= 15 is 0 Å². The van der Waals surface area contributed by atoms with Gasteiger partial charge in [-0.3, -0.25) is 4.79 Å². The van der Waals surface area contributed by atoms with Gasteiger partial charge in [0.2, 0.25) is 5.91 Å². The highest BCUT2D eigenvalue weighted by Crippen LogP contribution is 2.09. The first-order valence-corrected chi connectivity index (χ1v) is 5.97. The zero-order valence-corrected chi connectivity index (χ0v) is 9.93. The monoisotopic (exact) mass is 244 g/mol. The molecule has 0 aliphatic carbocycles. The maximum atomic E-state index is 11.8. The number of unbranched alkanes of at least 4 members (excludes halogenated alkanes) is 2. The van der Waals surface area contributed by atoms with Gasteiger partial charge in [0, 0.05) is 13.0 Å². The van der Waals surface area contributed by atoms with Crippen molar-refractivity contribution in [2.24, 2.45) is 5.73 Å². The van der Waals surface area contributed by atoms with Crippen LogP contribution in [0.25, 0.3) is 0 Å². The van der Waals surface area contributed by atoms with Crippen LogP contribution >= 0.6 is 0 Å². The number of carboxylic acids is 1. The molecule has 1 unspecified atom stereocenters. The van der Waals surface area contributed by atoms with E-state index in [0.717, 1.165) is 19.3 Å². The van der Waals surface area contributed by atoms with Crippen molar-refractivity contribution in [1.29, 1.82) is 0 Å². The molecular weight excluding hydrogens is 224 g/mol. The Labute approximate surface area is 101 Å². The molecule has 1 aliphatic heterocycles. The van der Waals surface area contributed by atoms with Crippen molar-refractivity contribution < 1.29 is 19.4 Å². The summed E-state index contributed by atoms with van der Waals surface area (Å²) in [6.07, 6.45) is 2.26. The molecule has 6 heteroatoms. The summed E-state index contributed by atoms with van der Waals surface area (Å²) in [7, 11) is 0. The summed E-state index contributed by atoms with van der Waals surface area (Å²) in [5.74, 6) is -0.998. The number of morpholine rings is 1. The van der Waals surface area contributed by atoms with Crippen LogP contribution in [0.1, 0.15) is 25.7 Å². The van der Waals surface area contributed by atoms with Crippen molar-refractivity contribution in [3.63, 3.8) is 0 Å². The Morgan fingerprint density at radius 1 is 1.35 bits per heavy atom. The maximum Gasteiger partial charge on any atom is 0.334 e. The van der Waals surface area contributed by atoms with Crippen molar-refractivity contribution in [3.8, 4) is 0 Å². The molecule has 0 bridgehead atoms. The second-order valence-electron chi connectivity index (χ2n) is 4.14. The molecule has 6 nitrogen and oxygen atoms in total. The van der Waals surface area contributed by atoms with E-state index in [4.69, 9.17) is 15.6 Å². The number of carboxylic acid groups (broad SMARTS) is 1. The molecule has 0 aromatic heterocycles. The van der Waals surface area contributed by atoms with E-state index in [0.29, 0.717) is 26.1 Å². The normalized spacial score (nSPS) is 20.3. The van der Waals surface area contributed by atoms with Gasteiger partial charge >= 0.3 is 5.97 Å². The lowest BCUT2D eigenvalue weighted by Crippen LogP contribution is -2.48. The van der Waals surface area contributed by atoms with Gasteiger partial charge in [-0.1, -0.05) is 6.42 Å². The minimum atomic E-state index is -1.01. The number of aliphatic carboxylic acids is 1. The number of hydrogen-bond acceptors (Lipinski definition) is 4. The molecule has 1 aliphatic rings. The van der Waals surface area contributed by atoms with Gasteiger partial charge in [0.05, 0.1) is 13.2 Å². The van der Waals surface area contributed by atoms with Gasteiger partial charge in [-0.05, 0) is 19.4 Å². The molecule has 3 N–H and O–H groups in total. The quantitative estimate of drug-likeness (QED) is 0.632. The van der Waals surface area contributed by atoms with Crippen molar-refractivity contribution in [1.82, 2.24) is 4.90 Å². The van der Waals surface area contributed by atoms with Crippen LogP contribution < -0.4 is 5.73 Å². The fourth-order valence-corrected chi connectivity index (χ4v) is 1.78. The standard InChI is InChI=1S/C11H20N2O4/c12-5-3-1-2-4-10(14)13-6-7-17-9(8-13)11(15)16/h9H,1-8,12H2,(H,15,16). The van der Waals surface area contributed by atoms with Gasteiger partial charge in [-0.15, -0.1) is 0 Å². The fraction of sp³-hybridized carbons (Fsp3) is 0.818. The van der Waals surface area contributed by atoms with Crippen molar-refractivity contribution in [2.75, 3.05) is 26.2 Å². The van der Waals surface area contributed by atoms with E-state index in [1.165, 1.54) is 0 Å². The SMILES string of the molecule is NCCCCCC(=O)N1CCOC(C(=O)O)C1. The van der Waals surface area contributed by atoms with Crippen LogP contribution in [0.3, 0.4) is 0 Å². The summed E-state index contributed by atoms with van der Waals surface area (Å²) in [5.41, 5.74) is 5.36. The molecule has 17 heavy (non-hydrogen) atoms. The minimum absolute atomic E-state index is 0.0107. The third-order valence-corrected chi connectivity index (χ3v) is 2.79.